The van der Waals surface area contributed by atoms with Crippen LogP contribution in [0.4, 0.5) is 23.7 Å². The van der Waals surface area contributed by atoms with E-state index in [9.17, 15) is 18.0 Å². The van der Waals surface area contributed by atoms with Crippen LogP contribution in [0.1, 0.15) is 26.3 Å². The van der Waals surface area contributed by atoms with Gasteiger partial charge in [0.1, 0.15) is 25.4 Å². The highest BCUT2D eigenvalue weighted by molar-refractivity contribution is 5.84. The Morgan fingerprint density at radius 1 is 1.15 bits per heavy atom. The number of epoxide rings is 1. The third-order valence-electron chi connectivity index (χ3n) is 5.52. The molecule has 1 amide bonds. The van der Waals surface area contributed by atoms with Crippen LogP contribution in [0.25, 0.3) is 0 Å². The lowest BCUT2D eigenvalue weighted by Crippen LogP contribution is -2.65. The maximum atomic E-state index is 12.9. The number of hydrogen-bond acceptors (Lipinski definition) is 8. The van der Waals surface area contributed by atoms with E-state index in [0.717, 1.165) is 12.1 Å². The van der Waals surface area contributed by atoms with E-state index in [1.165, 1.54) is 19.2 Å². The average Bonchev–Trinajstić information content (AvgIpc) is 3.36. The first kappa shape index (κ1) is 24.2. The van der Waals surface area contributed by atoms with Gasteiger partial charge in [-0.05, 0) is 39.0 Å². The second-order valence-electron chi connectivity index (χ2n) is 8.72. The van der Waals surface area contributed by atoms with Crippen molar-refractivity contribution in [3.63, 3.8) is 0 Å². The fraction of sp³-hybridized carbons (Fsp3) is 0.667. The molecule has 0 aromatic heterocycles. The zero-order valence-corrected chi connectivity index (χ0v) is 18.6. The third kappa shape index (κ3) is 5.26. The Morgan fingerprint density at radius 2 is 1.88 bits per heavy atom. The largest absolute Gasteiger partial charge is 0.441 e. The van der Waals surface area contributed by atoms with Gasteiger partial charge < -0.3 is 33.2 Å². The zero-order valence-electron chi connectivity index (χ0n) is 18.6. The summed E-state index contributed by atoms with van der Waals surface area (Å²) in [4.78, 5) is 12.5. The number of nitrogens with one attached hydrogen (secondary N) is 1. The number of anilines is 1. The van der Waals surface area contributed by atoms with E-state index in [2.05, 4.69) is 5.32 Å². The number of hydrogen-bond donors (Lipinski definition) is 1. The van der Waals surface area contributed by atoms with Crippen LogP contribution in [0.15, 0.2) is 24.3 Å². The highest BCUT2D eigenvalue weighted by Crippen LogP contribution is 2.44. The molecule has 1 spiro atoms. The summed E-state index contributed by atoms with van der Waals surface area (Å²) in [6.45, 7) is 5.46. The molecule has 184 valence electrons. The predicted octanol–water partition coefficient (Wildman–Crippen LogP) is 3.28. The molecule has 4 rings (SSSR count). The zero-order chi connectivity index (χ0) is 24.1. The van der Waals surface area contributed by atoms with Crippen molar-refractivity contribution >= 4 is 11.8 Å². The van der Waals surface area contributed by atoms with Gasteiger partial charge in [0.15, 0.2) is 17.7 Å². The van der Waals surface area contributed by atoms with Crippen molar-refractivity contribution in [3.8, 4) is 0 Å². The molecule has 0 radical (unpaired) electrons. The lowest BCUT2D eigenvalue weighted by molar-refractivity contribution is -0.358. The van der Waals surface area contributed by atoms with Gasteiger partial charge >= 0.3 is 12.3 Å². The third-order valence-corrected chi connectivity index (χ3v) is 5.52. The van der Waals surface area contributed by atoms with E-state index in [-0.39, 0.29) is 18.9 Å². The molecule has 1 N–H and O–H groups in total. The second kappa shape index (κ2) is 8.36. The van der Waals surface area contributed by atoms with Gasteiger partial charge in [0.2, 0.25) is 5.79 Å². The number of benzene rings is 1. The predicted molar refractivity (Wildman–Crippen MR) is 105 cm³/mol. The molecule has 0 aliphatic carbocycles. The van der Waals surface area contributed by atoms with Gasteiger partial charge in [-0.1, -0.05) is 6.07 Å². The van der Waals surface area contributed by atoms with Crippen LogP contribution in [-0.2, 0) is 39.3 Å². The van der Waals surface area contributed by atoms with Crippen molar-refractivity contribution < 1.29 is 51.1 Å². The van der Waals surface area contributed by atoms with Crippen molar-refractivity contribution in [2.24, 2.45) is 0 Å². The molecule has 1 aromatic carbocycles. The van der Waals surface area contributed by atoms with Crippen molar-refractivity contribution in [1.29, 1.82) is 0 Å². The number of alkyl halides is 3. The molecule has 3 heterocycles. The van der Waals surface area contributed by atoms with Crippen LogP contribution < -0.4 is 5.32 Å². The van der Waals surface area contributed by atoms with Crippen LogP contribution in [0.5, 0.6) is 0 Å². The Hall–Kier alpha value is -1.96. The molecule has 3 aliphatic rings. The molecule has 12 heteroatoms. The van der Waals surface area contributed by atoms with Gasteiger partial charge in [-0.3, -0.25) is 5.32 Å². The normalized spacial score (nSPS) is 35.4. The van der Waals surface area contributed by atoms with Crippen molar-refractivity contribution in [1.82, 2.24) is 0 Å². The summed E-state index contributed by atoms with van der Waals surface area (Å²) in [6.07, 6.45) is -8.21. The Bertz CT molecular complexity index is 891. The Kier molecular flexibility index (Phi) is 6.13. The second-order valence-corrected chi connectivity index (χ2v) is 8.72. The highest BCUT2D eigenvalue weighted by Gasteiger charge is 2.63. The Morgan fingerprint density at radius 3 is 2.45 bits per heavy atom. The maximum Gasteiger partial charge on any atom is 0.416 e. The minimum absolute atomic E-state index is 0.0454. The number of amides is 1. The van der Waals surface area contributed by atoms with Gasteiger partial charge in [-0.15, -0.1) is 0 Å². The molecule has 1 unspecified atom stereocenters. The van der Waals surface area contributed by atoms with Gasteiger partial charge in [-0.2, -0.15) is 13.2 Å². The Labute approximate surface area is 188 Å². The topological polar surface area (TPSA) is 97.0 Å². The van der Waals surface area contributed by atoms with Gasteiger partial charge in [0, 0.05) is 12.8 Å². The number of ether oxygens (including phenoxy) is 7. The van der Waals surface area contributed by atoms with Gasteiger partial charge in [0.25, 0.3) is 0 Å². The minimum atomic E-state index is -4.54. The quantitative estimate of drug-likeness (QED) is 0.646. The first-order valence-corrected chi connectivity index (χ1v) is 10.3. The number of carbonyl (C=O) groups is 1. The number of halogens is 3. The smallest absolute Gasteiger partial charge is 0.416 e. The summed E-state index contributed by atoms with van der Waals surface area (Å²) in [6, 6.07) is 4.22. The molecule has 5 atom stereocenters. The molecule has 3 fully saturated rings. The van der Waals surface area contributed by atoms with Crippen LogP contribution >= 0.6 is 0 Å². The molecule has 1 aromatic rings. The number of methoxy groups -OCH3 is 1. The van der Waals surface area contributed by atoms with E-state index in [1.807, 2.05) is 0 Å². The summed E-state index contributed by atoms with van der Waals surface area (Å²) in [5.41, 5.74) is -0.969. The van der Waals surface area contributed by atoms with E-state index < -0.39 is 53.5 Å². The minimum Gasteiger partial charge on any atom is -0.441 e. The molecular weight excluding hydrogens is 451 g/mol. The van der Waals surface area contributed by atoms with E-state index in [0.29, 0.717) is 6.61 Å². The molecule has 3 aliphatic heterocycles. The van der Waals surface area contributed by atoms with Crippen LogP contribution in [-0.4, -0.2) is 68.7 Å². The van der Waals surface area contributed by atoms with Crippen molar-refractivity contribution in [2.75, 3.05) is 32.2 Å². The Balaban J connectivity index is 1.48. The SMILES string of the molecule is CO[C@H]1[C@@H](OC2(C)CO2)[C@@]2(COC(C)(C)O2)OC[C@H]1OC(=O)Nc1cccc(C(F)(F)F)c1. The molecular formula is C21H26F3NO8. The van der Waals surface area contributed by atoms with Crippen LogP contribution in [0.3, 0.4) is 0 Å². The van der Waals surface area contributed by atoms with Crippen molar-refractivity contribution in [2.45, 2.75) is 62.6 Å². The van der Waals surface area contributed by atoms with E-state index >= 15 is 0 Å². The first-order valence-electron chi connectivity index (χ1n) is 10.3. The summed E-state index contributed by atoms with van der Waals surface area (Å²) in [7, 11) is 1.41. The lowest BCUT2D eigenvalue weighted by atomic mass is 9.96. The molecule has 0 bridgehead atoms. The number of rotatable bonds is 5. The summed E-state index contributed by atoms with van der Waals surface area (Å²) < 4.78 is 79.0. The first-order chi connectivity index (χ1) is 15.3. The van der Waals surface area contributed by atoms with E-state index in [4.69, 9.17) is 33.2 Å². The van der Waals surface area contributed by atoms with Crippen molar-refractivity contribution in [3.05, 3.63) is 29.8 Å². The highest BCUT2D eigenvalue weighted by atomic mass is 19.4. The average molecular weight is 477 g/mol. The molecule has 33 heavy (non-hydrogen) atoms. The molecule has 3 saturated heterocycles. The summed E-state index contributed by atoms with van der Waals surface area (Å²) in [5, 5.41) is 2.30. The van der Waals surface area contributed by atoms with Crippen LogP contribution in [0.2, 0.25) is 0 Å². The summed E-state index contributed by atoms with van der Waals surface area (Å²) >= 11 is 0. The fourth-order valence-electron chi connectivity index (χ4n) is 3.84. The molecule has 0 saturated carbocycles. The molecule has 9 nitrogen and oxygen atoms in total. The van der Waals surface area contributed by atoms with E-state index in [1.54, 1.807) is 20.8 Å². The lowest BCUT2D eigenvalue weighted by Gasteiger charge is -2.46. The standard InChI is InChI=1S/C21H26F3NO8/c1-18(2)29-11-20(33-18)16(32-19(3)10-30-19)15(27-4)14(9-28-20)31-17(26)25-13-7-5-6-12(8-13)21(22,23)24/h5-8,14-16H,9-11H2,1-4H3,(H,25,26)/t14-,15-,16-,19?,20+/m1/s1. The maximum absolute atomic E-state index is 12.9. The number of carbonyl (C=O) groups excluding carboxylic acids is 1. The fourth-order valence-corrected chi connectivity index (χ4v) is 3.84. The van der Waals surface area contributed by atoms with Gasteiger partial charge in [-0.25, -0.2) is 4.79 Å². The van der Waals surface area contributed by atoms with Crippen LogP contribution in [0, 0.1) is 0 Å². The summed E-state index contributed by atoms with van der Waals surface area (Å²) in [5.74, 6) is -3.15. The monoisotopic (exact) mass is 477 g/mol. The van der Waals surface area contributed by atoms with Gasteiger partial charge in [0.05, 0.1) is 12.2 Å².